The molecular weight excluding hydrogens is 382 g/mol. The fourth-order valence-electron chi connectivity index (χ4n) is 3.17. The van der Waals surface area contributed by atoms with Crippen molar-refractivity contribution in [3.05, 3.63) is 72.8 Å². The number of amides is 3. The molecule has 1 atom stereocenters. The van der Waals surface area contributed by atoms with E-state index in [1.807, 2.05) is 30.3 Å². The molecule has 1 aliphatic heterocycles. The van der Waals surface area contributed by atoms with Gasteiger partial charge in [-0.05, 0) is 29.8 Å². The predicted octanol–water partition coefficient (Wildman–Crippen LogP) is 2.04. The van der Waals surface area contributed by atoms with Gasteiger partial charge in [-0.25, -0.2) is 0 Å². The third-order valence-corrected chi connectivity index (χ3v) is 4.77. The Morgan fingerprint density at radius 3 is 2.53 bits per heavy atom. The molecule has 0 spiro atoms. The first-order valence-electron chi connectivity index (χ1n) is 9.79. The molecule has 2 N–H and O–H groups in total. The molecule has 0 aliphatic carbocycles. The molecule has 0 saturated carbocycles. The van der Waals surface area contributed by atoms with E-state index in [9.17, 15) is 14.4 Å². The lowest BCUT2D eigenvalue weighted by molar-refractivity contribution is -0.126. The van der Waals surface area contributed by atoms with Crippen LogP contribution in [0.5, 0.6) is 5.75 Å². The Balaban J connectivity index is 1.47. The molecule has 1 aliphatic rings. The summed E-state index contributed by atoms with van der Waals surface area (Å²) in [5.41, 5.74) is 1.71. The average Bonchev–Trinajstić information content (AvgIpc) is 3.17. The van der Waals surface area contributed by atoms with Crippen LogP contribution in [0.4, 0.5) is 5.69 Å². The van der Waals surface area contributed by atoms with Crippen LogP contribution in [0, 0.1) is 5.92 Å². The van der Waals surface area contributed by atoms with E-state index in [0.717, 1.165) is 5.56 Å². The highest BCUT2D eigenvalue weighted by Gasteiger charge is 2.34. The summed E-state index contributed by atoms with van der Waals surface area (Å²) in [6.07, 6.45) is 1.79. The van der Waals surface area contributed by atoms with E-state index in [2.05, 4.69) is 17.2 Å². The zero-order valence-corrected chi connectivity index (χ0v) is 16.7. The Bertz CT molecular complexity index is 896. The molecular formula is C23H25N3O4. The van der Waals surface area contributed by atoms with Gasteiger partial charge in [0.2, 0.25) is 11.8 Å². The summed E-state index contributed by atoms with van der Waals surface area (Å²) in [5, 5.41) is 5.53. The minimum Gasteiger partial charge on any atom is -0.484 e. The van der Waals surface area contributed by atoms with E-state index >= 15 is 0 Å². The second-order valence-corrected chi connectivity index (χ2v) is 6.98. The zero-order valence-electron chi connectivity index (χ0n) is 16.7. The lowest BCUT2D eigenvalue weighted by Gasteiger charge is -2.17. The second-order valence-electron chi connectivity index (χ2n) is 6.98. The normalized spacial score (nSPS) is 15.5. The number of hydrogen-bond acceptors (Lipinski definition) is 4. The Morgan fingerprint density at radius 1 is 1.10 bits per heavy atom. The second kappa shape index (κ2) is 10.2. The van der Waals surface area contributed by atoms with Crippen LogP contribution in [0.2, 0.25) is 0 Å². The van der Waals surface area contributed by atoms with Gasteiger partial charge in [-0.3, -0.25) is 14.4 Å². The number of hydrogen-bond donors (Lipinski definition) is 2. The smallest absolute Gasteiger partial charge is 0.258 e. The highest BCUT2D eigenvalue weighted by Crippen LogP contribution is 2.27. The number of nitrogens with one attached hydrogen (secondary N) is 2. The van der Waals surface area contributed by atoms with E-state index in [1.165, 1.54) is 0 Å². The molecule has 2 aromatic rings. The maximum absolute atomic E-state index is 12.3. The highest BCUT2D eigenvalue weighted by molar-refractivity contribution is 6.00. The summed E-state index contributed by atoms with van der Waals surface area (Å²) in [5.74, 6) is -0.303. The SMILES string of the molecule is C=CCNC(=O)[C@H]1CC(=O)N(c2ccc(OCC(=O)NCc3ccccc3)cc2)C1. The number of ether oxygens (including phenoxy) is 1. The first kappa shape index (κ1) is 21.1. The van der Waals surface area contributed by atoms with Crippen molar-refractivity contribution in [3.63, 3.8) is 0 Å². The third kappa shape index (κ3) is 5.70. The summed E-state index contributed by atoms with van der Waals surface area (Å²) in [4.78, 5) is 37.9. The van der Waals surface area contributed by atoms with Crippen LogP contribution in [0.15, 0.2) is 67.3 Å². The molecule has 0 radical (unpaired) electrons. The van der Waals surface area contributed by atoms with Crippen molar-refractivity contribution >= 4 is 23.4 Å². The van der Waals surface area contributed by atoms with Crippen LogP contribution in [-0.4, -0.2) is 37.4 Å². The fraction of sp³-hybridized carbons (Fsp3) is 0.261. The van der Waals surface area contributed by atoms with Gasteiger partial charge in [0.15, 0.2) is 6.61 Å². The summed E-state index contributed by atoms with van der Waals surface area (Å²) < 4.78 is 5.52. The minimum absolute atomic E-state index is 0.0947. The van der Waals surface area contributed by atoms with E-state index in [4.69, 9.17) is 4.74 Å². The Morgan fingerprint density at radius 2 is 1.83 bits per heavy atom. The molecule has 0 aromatic heterocycles. The van der Waals surface area contributed by atoms with Crippen LogP contribution in [0.1, 0.15) is 12.0 Å². The van der Waals surface area contributed by atoms with Gasteiger partial charge in [-0.2, -0.15) is 0 Å². The van der Waals surface area contributed by atoms with E-state index < -0.39 is 0 Å². The summed E-state index contributed by atoms with van der Waals surface area (Å²) in [6, 6.07) is 16.5. The molecule has 3 amide bonds. The van der Waals surface area contributed by atoms with Crippen molar-refractivity contribution in [3.8, 4) is 5.75 Å². The zero-order chi connectivity index (χ0) is 21.3. The van der Waals surface area contributed by atoms with Crippen molar-refractivity contribution in [2.45, 2.75) is 13.0 Å². The first-order valence-corrected chi connectivity index (χ1v) is 9.79. The monoisotopic (exact) mass is 407 g/mol. The molecule has 1 saturated heterocycles. The van der Waals surface area contributed by atoms with Crippen LogP contribution >= 0.6 is 0 Å². The van der Waals surface area contributed by atoms with Crippen molar-refractivity contribution in [1.29, 1.82) is 0 Å². The van der Waals surface area contributed by atoms with Gasteiger partial charge in [-0.15, -0.1) is 6.58 Å². The van der Waals surface area contributed by atoms with Crippen LogP contribution < -0.4 is 20.3 Å². The Hall–Kier alpha value is -3.61. The van der Waals surface area contributed by atoms with Crippen molar-refractivity contribution in [2.24, 2.45) is 5.92 Å². The van der Waals surface area contributed by atoms with Crippen molar-refractivity contribution in [1.82, 2.24) is 10.6 Å². The number of carbonyl (C=O) groups excluding carboxylic acids is 3. The quantitative estimate of drug-likeness (QED) is 0.623. The van der Waals surface area contributed by atoms with Gasteiger partial charge in [0.05, 0.1) is 5.92 Å². The van der Waals surface area contributed by atoms with Gasteiger partial charge in [-0.1, -0.05) is 36.4 Å². The lowest BCUT2D eigenvalue weighted by atomic mass is 10.1. The maximum Gasteiger partial charge on any atom is 0.258 e. The van der Waals surface area contributed by atoms with Crippen molar-refractivity contribution < 1.29 is 19.1 Å². The Labute approximate surface area is 175 Å². The third-order valence-electron chi connectivity index (χ3n) is 4.77. The molecule has 0 bridgehead atoms. The van der Waals surface area contributed by atoms with Crippen LogP contribution in [0.25, 0.3) is 0 Å². The highest BCUT2D eigenvalue weighted by atomic mass is 16.5. The molecule has 0 unspecified atom stereocenters. The predicted molar refractivity (Wildman–Crippen MR) is 114 cm³/mol. The molecule has 7 nitrogen and oxygen atoms in total. The summed E-state index contributed by atoms with van der Waals surface area (Å²) in [7, 11) is 0. The average molecular weight is 407 g/mol. The first-order chi connectivity index (χ1) is 14.6. The molecule has 1 fully saturated rings. The van der Waals surface area contributed by atoms with E-state index in [1.54, 1.807) is 35.2 Å². The largest absolute Gasteiger partial charge is 0.484 e. The molecule has 3 rings (SSSR count). The molecule has 7 heteroatoms. The van der Waals surface area contributed by atoms with Gasteiger partial charge < -0.3 is 20.3 Å². The minimum atomic E-state index is -0.373. The summed E-state index contributed by atoms with van der Waals surface area (Å²) in [6.45, 7) is 4.63. The number of benzene rings is 2. The van der Waals surface area contributed by atoms with Gasteiger partial charge in [0, 0.05) is 31.7 Å². The van der Waals surface area contributed by atoms with E-state index in [-0.39, 0.29) is 36.7 Å². The standard InChI is InChI=1S/C23H25N3O4/c1-2-12-24-23(29)18-13-22(28)26(15-18)19-8-10-20(11-9-19)30-16-21(27)25-14-17-6-4-3-5-7-17/h2-11,18H,1,12-16H2,(H,24,29)(H,25,27)/t18-/m0/s1. The number of rotatable bonds is 9. The van der Waals surface area contributed by atoms with Gasteiger partial charge in [0.25, 0.3) is 5.91 Å². The topological polar surface area (TPSA) is 87.7 Å². The molecule has 2 aromatic carbocycles. The lowest BCUT2D eigenvalue weighted by Crippen LogP contribution is -2.33. The number of carbonyl (C=O) groups is 3. The molecule has 156 valence electrons. The number of nitrogens with zero attached hydrogens (tertiary/aromatic N) is 1. The number of anilines is 1. The maximum atomic E-state index is 12.3. The van der Waals surface area contributed by atoms with E-state index in [0.29, 0.717) is 31.1 Å². The molecule has 1 heterocycles. The van der Waals surface area contributed by atoms with Gasteiger partial charge in [0.1, 0.15) is 5.75 Å². The fourth-order valence-corrected chi connectivity index (χ4v) is 3.17. The van der Waals surface area contributed by atoms with Gasteiger partial charge >= 0.3 is 0 Å². The van der Waals surface area contributed by atoms with Crippen LogP contribution in [-0.2, 0) is 20.9 Å². The van der Waals surface area contributed by atoms with Crippen molar-refractivity contribution in [2.75, 3.05) is 24.6 Å². The Kier molecular flexibility index (Phi) is 7.21. The summed E-state index contributed by atoms with van der Waals surface area (Å²) >= 11 is 0. The molecule has 30 heavy (non-hydrogen) atoms. The van der Waals surface area contributed by atoms with Crippen LogP contribution in [0.3, 0.4) is 0 Å².